The number of amides is 1. The highest BCUT2D eigenvalue weighted by molar-refractivity contribution is 6.04. The monoisotopic (exact) mass is 385 g/mol. The van der Waals surface area contributed by atoms with Gasteiger partial charge in [0.15, 0.2) is 0 Å². The minimum absolute atomic E-state index is 0.199. The van der Waals surface area contributed by atoms with Crippen LogP contribution in [0.1, 0.15) is 20.7 Å². The molecule has 6 heteroatoms. The van der Waals surface area contributed by atoms with Crippen molar-refractivity contribution < 1.29 is 18.7 Å². The first-order valence-corrected chi connectivity index (χ1v) is 8.82. The molecule has 0 fully saturated rings. The van der Waals surface area contributed by atoms with Gasteiger partial charge in [0.1, 0.15) is 16.9 Å². The fourth-order valence-corrected chi connectivity index (χ4v) is 2.77. The summed E-state index contributed by atoms with van der Waals surface area (Å²) in [7, 11) is 0. The summed E-state index contributed by atoms with van der Waals surface area (Å²) in [4.78, 5) is 36.7. The van der Waals surface area contributed by atoms with Gasteiger partial charge in [-0.25, -0.2) is 9.59 Å². The number of carbonyl (C=O) groups is 2. The van der Waals surface area contributed by atoms with E-state index in [0.29, 0.717) is 22.2 Å². The lowest BCUT2D eigenvalue weighted by molar-refractivity contribution is 0.0730. The number of para-hydroxylation sites is 2. The normalized spacial score (nSPS) is 10.5. The molecule has 0 aliphatic carbocycles. The summed E-state index contributed by atoms with van der Waals surface area (Å²) in [5.74, 6) is -0.908. The van der Waals surface area contributed by atoms with Crippen LogP contribution in [0.3, 0.4) is 0 Å². The number of benzene rings is 3. The van der Waals surface area contributed by atoms with Crippen LogP contribution in [-0.2, 0) is 0 Å². The average molecular weight is 385 g/mol. The highest BCUT2D eigenvalue weighted by atomic mass is 16.5. The largest absolute Gasteiger partial charge is 0.423 e. The van der Waals surface area contributed by atoms with Crippen molar-refractivity contribution in [3.63, 3.8) is 0 Å². The second-order valence-corrected chi connectivity index (χ2v) is 6.22. The highest BCUT2D eigenvalue weighted by Gasteiger charge is 2.16. The predicted molar refractivity (Wildman–Crippen MR) is 108 cm³/mol. The van der Waals surface area contributed by atoms with Crippen LogP contribution in [0, 0.1) is 0 Å². The molecule has 0 radical (unpaired) electrons. The molecule has 0 unspecified atom stereocenters. The number of hydrogen-bond acceptors (Lipinski definition) is 5. The van der Waals surface area contributed by atoms with Crippen LogP contribution in [0.2, 0.25) is 0 Å². The van der Waals surface area contributed by atoms with Crippen LogP contribution in [0.5, 0.6) is 5.75 Å². The quantitative estimate of drug-likeness (QED) is 0.322. The van der Waals surface area contributed by atoms with Crippen LogP contribution in [0.15, 0.2) is 94.1 Å². The van der Waals surface area contributed by atoms with E-state index in [1.165, 1.54) is 30.3 Å². The lowest BCUT2D eigenvalue weighted by atomic mass is 10.2. The standard InChI is InChI=1S/C23H15NO5/c25-21(24-17-7-2-1-3-8-17)15-10-12-18(13-11-15)28-22(26)19-14-16-6-4-5-9-20(16)29-23(19)27/h1-14H,(H,24,25). The lowest BCUT2D eigenvalue weighted by Gasteiger charge is -2.07. The van der Waals surface area contributed by atoms with Crippen molar-refractivity contribution in [3.8, 4) is 5.75 Å². The number of carbonyl (C=O) groups excluding carboxylic acids is 2. The van der Waals surface area contributed by atoms with Gasteiger partial charge in [0.05, 0.1) is 0 Å². The van der Waals surface area contributed by atoms with Crippen LogP contribution in [-0.4, -0.2) is 11.9 Å². The Kier molecular flexibility index (Phi) is 4.90. The zero-order valence-electron chi connectivity index (χ0n) is 15.1. The summed E-state index contributed by atoms with van der Waals surface area (Å²) in [5.41, 5.74) is 0.500. The number of hydrogen-bond donors (Lipinski definition) is 1. The first kappa shape index (κ1) is 18.2. The van der Waals surface area contributed by atoms with Crippen LogP contribution in [0.25, 0.3) is 11.0 Å². The van der Waals surface area contributed by atoms with E-state index in [-0.39, 0.29) is 17.2 Å². The lowest BCUT2D eigenvalue weighted by Crippen LogP contribution is -2.18. The maximum Gasteiger partial charge on any atom is 0.351 e. The number of ether oxygens (including phenoxy) is 1. The Morgan fingerprint density at radius 1 is 0.828 bits per heavy atom. The molecule has 0 atom stereocenters. The minimum atomic E-state index is -0.828. The molecule has 1 N–H and O–H groups in total. The average Bonchev–Trinajstić information content (AvgIpc) is 2.74. The Morgan fingerprint density at radius 2 is 1.52 bits per heavy atom. The number of esters is 1. The predicted octanol–water partition coefficient (Wildman–Crippen LogP) is 4.26. The van der Waals surface area contributed by atoms with Crippen LogP contribution >= 0.6 is 0 Å². The molecule has 1 amide bonds. The third-order valence-corrected chi connectivity index (χ3v) is 4.22. The Balaban J connectivity index is 1.49. The van der Waals surface area contributed by atoms with Gasteiger partial charge in [0.25, 0.3) is 5.91 Å². The zero-order chi connectivity index (χ0) is 20.2. The van der Waals surface area contributed by atoms with E-state index in [1.54, 1.807) is 36.4 Å². The molecule has 0 saturated carbocycles. The number of rotatable bonds is 4. The van der Waals surface area contributed by atoms with Crippen LogP contribution < -0.4 is 15.7 Å². The van der Waals surface area contributed by atoms with Crippen molar-refractivity contribution in [3.05, 3.63) is 106 Å². The molecular formula is C23H15NO5. The van der Waals surface area contributed by atoms with Crippen molar-refractivity contribution in [1.29, 1.82) is 0 Å². The molecule has 4 rings (SSSR count). The van der Waals surface area contributed by atoms with E-state index < -0.39 is 11.6 Å². The molecule has 6 nitrogen and oxygen atoms in total. The van der Waals surface area contributed by atoms with E-state index in [1.807, 2.05) is 18.2 Å². The Labute approximate surface area is 165 Å². The van der Waals surface area contributed by atoms with Gasteiger partial charge in [-0.1, -0.05) is 36.4 Å². The number of fused-ring (bicyclic) bond motifs is 1. The van der Waals surface area contributed by atoms with E-state index in [4.69, 9.17) is 9.15 Å². The molecule has 0 aliphatic heterocycles. The SMILES string of the molecule is O=C(Nc1ccccc1)c1ccc(OC(=O)c2cc3ccccc3oc2=O)cc1. The molecule has 29 heavy (non-hydrogen) atoms. The maximum atomic E-state index is 12.4. The van der Waals surface area contributed by atoms with Gasteiger partial charge in [0.2, 0.25) is 0 Å². The van der Waals surface area contributed by atoms with Crippen molar-refractivity contribution in [2.24, 2.45) is 0 Å². The second-order valence-electron chi connectivity index (χ2n) is 6.22. The van der Waals surface area contributed by atoms with Crippen LogP contribution in [0.4, 0.5) is 5.69 Å². The van der Waals surface area contributed by atoms with E-state index in [9.17, 15) is 14.4 Å². The van der Waals surface area contributed by atoms with Gasteiger partial charge in [-0.3, -0.25) is 4.79 Å². The molecule has 4 aromatic rings. The Hall–Kier alpha value is -4.19. The molecule has 142 valence electrons. The van der Waals surface area contributed by atoms with E-state index in [2.05, 4.69) is 5.32 Å². The van der Waals surface area contributed by atoms with Crippen molar-refractivity contribution in [2.75, 3.05) is 5.32 Å². The first-order chi connectivity index (χ1) is 14.1. The summed E-state index contributed by atoms with van der Waals surface area (Å²) >= 11 is 0. The fraction of sp³-hybridized carbons (Fsp3) is 0. The fourth-order valence-electron chi connectivity index (χ4n) is 2.77. The van der Waals surface area contributed by atoms with Gasteiger partial charge >= 0.3 is 11.6 Å². The first-order valence-electron chi connectivity index (χ1n) is 8.82. The molecule has 3 aromatic carbocycles. The summed E-state index contributed by atoms with van der Waals surface area (Å²) in [6.45, 7) is 0. The van der Waals surface area contributed by atoms with Gasteiger partial charge in [-0.05, 0) is 48.5 Å². The van der Waals surface area contributed by atoms with E-state index in [0.717, 1.165) is 0 Å². The molecule has 0 aliphatic rings. The molecule has 1 aromatic heterocycles. The van der Waals surface area contributed by atoms with Gasteiger partial charge < -0.3 is 14.5 Å². The second kappa shape index (κ2) is 7.82. The topological polar surface area (TPSA) is 85.6 Å². The number of nitrogens with one attached hydrogen (secondary N) is 1. The summed E-state index contributed by atoms with van der Waals surface area (Å²) in [5, 5.41) is 3.39. The van der Waals surface area contributed by atoms with Gasteiger partial charge in [-0.2, -0.15) is 0 Å². The Bertz CT molecular complexity index is 1240. The van der Waals surface area contributed by atoms with Gasteiger partial charge in [-0.15, -0.1) is 0 Å². The molecule has 1 heterocycles. The Morgan fingerprint density at radius 3 is 2.28 bits per heavy atom. The van der Waals surface area contributed by atoms with Crippen molar-refractivity contribution >= 4 is 28.5 Å². The van der Waals surface area contributed by atoms with Crippen molar-refractivity contribution in [2.45, 2.75) is 0 Å². The third kappa shape index (κ3) is 4.06. The minimum Gasteiger partial charge on any atom is -0.423 e. The molecular weight excluding hydrogens is 370 g/mol. The zero-order valence-corrected chi connectivity index (χ0v) is 15.1. The highest BCUT2D eigenvalue weighted by Crippen LogP contribution is 2.17. The third-order valence-electron chi connectivity index (χ3n) is 4.22. The van der Waals surface area contributed by atoms with Crippen molar-refractivity contribution in [1.82, 2.24) is 0 Å². The maximum absolute atomic E-state index is 12.4. The number of anilines is 1. The smallest absolute Gasteiger partial charge is 0.351 e. The van der Waals surface area contributed by atoms with E-state index >= 15 is 0 Å². The summed E-state index contributed by atoms with van der Waals surface area (Å²) in [6.07, 6.45) is 0. The molecule has 0 bridgehead atoms. The molecule has 0 spiro atoms. The molecule has 0 saturated heterocycles. The van der Waals surface area contributed by atoms with Gasteiger partial charge in [0, 0.05) is 16.6 Å². The summed E-state index contributed by atoms with van der Waals surface area (Å²) < 4.78 is 10.4. The summed E-state index contributed by atoms with van der Waals surface area (Å²) in [6, 6.07) is 23.4.